The fourth-order valence-corrected chi connectivity index (χ4v) is 6.03. The fourth-order valence-electron chi connectivity index (χ4n) is 6.03. The summed E-state index contributed by atoms with van der Waals surface area (Å²) in [4.78, 5) is 34.5. The van der Waals surface area contributed by atoms with Crippen LogP contribution in [0.3, 0.4) is 0 Å². The zero-order valence-corrected chi connectivity index (χ0v) is 24.8. The first-order valence-electron chi connectivity index (χ1n) is 14.0. The monoisotopic (exact) mass is 608 g/mol. The lowest BCUT2D eigenvalue weighted by molar-refractivity contribution is -0.364. The van der Waals surface area contributed by atoms with Crippen LogP contribution in [0.1, 0.15) is 81.0 Å². The zero-order valence-electron chi connectivity index (χ0n) is 24.8. The van der Waals surface area contributed by atoms with Crippen molar-refractivity contribution in [3.8, 4) is 23.7 Å². The molecule has 0 unspecified atom stereocenters. The second-order valence-corrected chi connectivity index (χ2v) is 10.8. The first-order valence-corrected chi connectivity index (χ1v) is 14.0. The van der Waals surface area contributed by atoms with E-state index in [1.807, 2.05) is 0 Å². The lowest BCUT2D eigenvalue weighted by atomic mass is 9.84. The Balaban J connectivity index is 1.72. The van der Waals surface area contributed by atoms with Crippen molar-refractivity contribution in [2.24, 2.45) is 0 Å². The first kappa shape index (κ1) is 30.8. The number of hydrogen-bond acceptors (Lipinski definition) is 3. The Bertz CT molecular complexity index is 2080. The third-order valence-electron chi connectivity index (χ3n) is 8.05. The van der Waals surface area contributed by atoms with Gasteiger partial charge in [0.15, 0.2) is 5.70 Å². The number of carboxylic acid groups (broad SMARTS) is 3. The average Bonchev–Trinajstić information content (AvgIpc) is 3.40. The van der Waals surface area contributed by atoms with Crippen LogP contribution in [-0.2, 0) is 4.79 Å². The summed E-state index contributed by atoms with van der Waals surface area (Å²) >= 11 is 0. The molecule has 0 bridgehead atoms. The smallest absolute Gasteiger partial charge is 0.481 e. The average molecular weight is 608 g/mol. The molecule has 0 saturated heterocycles. The highest BCUT2D eigenvalue weighted by molar-refractivity contribution is 6.58. The van der Waals surface area contributed by atoms with Gasteiger partial charge in [0.2, 0.25) is 0 Å². The second-order valence-electron chi connectivity index (χ2n) is 10.8. The Kier molecular flexibility index (Phi) is 7.82. The largest absolute Gasteiger partial charge is 0.737 e. The molecule has 1 aromatic heterocycles. The molecule has 45 heavy (non-hydrogen) atoms. The Morgan fingerprint density at radius 2 is 1.40 bits per heavy atom. The van der Waals surface area contributed by atoms with E-state index in [4.69, 9.17) is 0 Å². The van der Waals surface area contributed by atoms with Crippen molar-refractivity contribution in [3.63, 3.8) is 0 Å². The molecular formula is C34H27BF2N2O6. The number of aromatic carboxylic acids is 2. The minimum atomic E-state index is -4.48. The molecule has 226 valence electrons. The highest BCUT2D eigenvalue weighted by Crippen LogP contribution is 2.45. The molecule has 0 atom stereocenters. The third kappa shape index (κ3) is 5.34. The lowest BCUT2D eigenvalue weighted by Gasteiger charge is -2.33. The van der Waals surface area contributed by atoms with Crippen molar-refractivity contribution < 1.29 is 42.8 Å². The number of allylic oxidation sites excluding steroid dienone is 3. The van der Waals surface area contributed by atoms with Crippen LogP contribution >= 0.6 is 0 Å². The standard InChI is InChI=1S/C34H27BF2N2O6/c1-19-27(13-11-23-7-5-9-25(17-23)33(42)43)21(3)38-31(19)29(15-16-30(40)41)32-20(2)28(22(4)39(32)35(38,36)37)14-12-24-8-6-10-26(18-24)34(44)45/h5-10,17-18H,15-16H2,1-4H3,(H,40,41)(H,42,43)(H,44,45). The molecule has 2 aromatic carbocycles. The normalized spacial score (nSPS) is 14.7. The molecule has 3 heterocycles. The molecular weight excluding hydrogens is 581 g/mol. The summed E-state index contributed by atoms with van der Waals surface area (Å²) in [6, 6.07) is 12.0. The number of rotatable bonds is 5. The summed E-state index contributed by atoms with van der Waals surface area (Å²) < 4.78 is 35.3. The van der Waals surface area contributed by atoms with E-state index >= 15 is 8.63 Å². The molecule has 0 saturated carbocycles. The van der Waals surface area contributed by atoms with Crippen LogP contribution in [0, 0.1) is 37.5 Å². The summed E-state index contributed by atoms with van der Waals surface area (Å²) in [6.45, 7) is 1.92. The maximum absolute atomic E-state index is 16.7. The van der Waals surface area contributed by atoms with Crippen LogP contribution in [0.25, 0.3) is 5.57 Å². The van der Waals surface area contributed by atoms with Crippen molar-refractivity contribution in [2.45, 2.75) is 40.5 Å². The molecule has 5 rings (SSSR count). The van der Waals surface area contributed by atoms with E-state index in [1.165, 1.54) is 38.1 Å². The predicted octanol–water partition coefficient (Wildman–Crippen LogP) is 5.57. The minimum Gasteiger partial charge on any atom is -0.481 e. The molecule has 2 aliphatic rings. The number of nitrogens with zero attached hydrogens (tertiary/aromatic N) is 2. The number of carboxylic acids is 3. The molecule has 0 radical (unpaired) electrons. The number of benzene rings is 2. The van der Waals surface area contributed by atoms with Crippen LogP contribution in [0.4, 0.5) is 8.63 Å². The van der Waals surface area contributed by atoms with Crippen LogP contribution < -0.4 is 0 Å². The SMILES string of the molecule is CC1=C(C#Cc2cccc(C(=O)O)c2)C(C)=[N+]2C1=C(CCC(=O)O)c1c(C)c(C#Cc3cccc(C(=O)O)c3)c(C)n1[B-]2(F)F. The Morgan fingerprint density at radius 1 is 0.844 bits per heavy atom. The van der Waals surface area contributed by atoms with E-state index in [2.05, 4.69) is 23.7 Å². The summed E-state index contributed by atoms with van der Waals surface area (Å²) in [7, 11) is 0. The van der Waals surface area contributed by atoms with Gasteiger partial charge in [0.1, 0.15) is 5.71 Å². The topological polar surface area (TPSA) is 120 Å². The van der Waals surface area contributed by atoms with Gasteiger partial charge < -0.3 is 32.9 Å². The summed E-state index contributed by atoms with van der Waals surface area (Å²) in [5, 5.41) is 28.2. The number of halogens is 2. The van der Waals surface area contributed by atoms with Crippen molar-refractivity contribution in [1.29, 1.82) is 0 Å². The van der Waals surface area contributed by atoms with E-state index in [9.17, 15) is 29.7 Å². The molecule has 0 spiro atoms. The highest BCUT2D eigenvalue weighted by atomic mass is 19.2. The first-order chi connectivity index (χ1) is 21.2. The second kappa shape index (κ2) is 11.4. The van der Waals surface area contributed by atoms with Crippen LogP contribution in [0.5, 0.6) is 0 Å². The van der Waals surface area contributed by atoms with Gasteiger partial charge in [0.05, 0.1) is 16.7 Å². The van der Waals surface area contributed by atoms with Gasteiger partial charge in [-0.05, 0) is 69.2 Å². The minimum absolute atomic E-state index is 0.0306. The molecule has 11 heteroatoms. The zero-order chi connectivity index (χ0) is 32.8. The molecule has 2 aliphatic heterocycles. The molecule has 3 aromatic rings. The van der Waals surface area contributed by atoms with Crippen molar-refractivity contribution in [3.05, 3.63) is 110 Å². The quantitative estimate of drug-likeness (QED) is 0.258. The van der Waals surface area contributed by atoms with Gasteiger partial charge in [-0.15, -0.1) is 0 Å². The number of hydrogen-bond donors (Lipinski definition) is 3. The summed E-state index contributed by atoms with van der Waals surface area (Å²) in [6.07, 6.45) is -0.329. The molecule has 0 fully saturated rings. The Hall–Kier alpha value is -5.68. The highest BCUT2D eigenvalue weighted by Gasteiger charge is 2.56. The third-order valence-corrected chi connectivity index (χ3v) is 8.05. The maximum Gasteiger partial charge on any atom is 0.737 e. The van der Waals surface area contributed by atoms with Gasteiger partial charge in [0.25, 0.3) is 0 Å². The number of fused-ring (bicyclic) bond motifs is 2. The van der Waals surface area contributed by atoms with E-state index in [1.54, 1.807) is 38.1 Å². The molecule has 0 amide bonds. The van der Waals surface area contributed by atoms with Gasteiger partial charge >= 0.3 is 24.9 Å². The van der Waals surface area contributed by atoms with Gasteiger partial charge in [-0.1, -0.05) is 35.8 Å². The van der Waals surface area contributed by atoms with Gasteiger partial charge in [0, 0.05) is 52.6 Å². The summed E-state index contributed by atoms with van der Waals surface area (Å²) in [5.74, 6) is 8.42. The maximum atomic E-state index is 16.7. The van der Waals surface area contributed by atoms with Crippen molar-refractivity contribution >= 4 is 36.2 Å². The number of aliphatic carboxylic acids is 1. The molecule has 3 N–H and O–H groups in total. The van der Waals surface area contributed by atoms with Gasteiger partial charge in [-0.2, -0.15) is 0 Å². The number of aromatic nitrogens is 1. The number of carbonyl (C=O) groups is 3. The molecule has 0 aliphatic carbocycles. The Labute approximate surface area is 257 Å². The lowest BCUT2D eigenvalue weighted by Crippen LogP contribution is -2.51. The van der Waals surface area contributed by atoms with E-state index in [-0.39, 0.29) is 46.8 Å². The van der Waals surface area contributed by atoms with E-state index < -0.39 is 24.9 Å². The van der Waals surface area contributed by atoms with Crippen LogP contribution in [0.2, 0.25) is 0 Å². The fraction of sp³-hybridized carbons (Fsp3) is 0.176. The predicted molar refractivity (Wildman–Crippen MR) is 164 cm³/mol. The molecule has 8 nitrogen and oxygen atoms in total. The van der Waals surface area contributed by atoms with Gasteiger partial charge in [-0.25, -0.2) is 9.59 Å². The Morgan fingerprint density at radius 3 is 1.93 bits per heavy atom. The van der Waals surface area contributed by atoms with Crippen LogP contribution in [-0.4, -0.2) is 54.9 Å². The summed E-state index contributed by atoms with van der Waals surface area (Å²) in [5.41, 5.74) is 3.71. The van der Waals surface area contributed by atoms with E-state index in [0.717, 1.165) is 8.96 Å². The van der Waals surface area contributed by atoms with Crippen molar-refractivity contribution in [1.82, 2.24) is 4.48 Å². The van der Waals surface area contributed by atoms with E-state index in [0.29, 0.717) is 39.0 Å². The van der Waals surface area contributed by atoms with Crippen molar-refractivity contribution in [2.75, 3.05) is 0 Å². The van der Waals surface area contributed by atoms with Gasteiger partial charge in [-0.3, -0.25) is 4.79 Å². The van der Waals surface area contributed by atoms with Crippen LogP contribution in [0.15, 0.2) is 65.4 Å².